The number of carbonyl (C=O) groups is 1. The maximum Gasteiger partial charge on any atom is 0.225 e. The third-order valence-corrected chi connectivity index (χ3v) is 3.23. The summed E-state index contributed by atoms with van der Waals surface area (Å²) in [6.07, 6.45) is 1.16. The summed E-state index contributed by atoms with van der Waals surface area (Å²) >= 11 is 3.45. The van der Waals surface area contributed by atoms with Crippen molar-refractivity contribution in [3.63, 3.8) is 0 Å². The van der Waals surface area contributed by atoms with E-state index in [-0.39, 0.29) is 5.92 Å². The van der Waals surface area contributed by atoms with Crippen LogP contribution >= 0.6 is 15.9 Å². The van der Waals surface area contributed by atoms with E-state index in [9.17, 15) is 4.79 Å². The Morgan fingerprint density at radius 1 is 1.67 bits per heavy atom. The number of likely N-dealkylation sites (tertiary alicyclic amines) is 1. The van der Waals surface area contributed by atoms with Crippen LogP contribution in [0.25, 0.3) is 0 Å². The van der Waals surface area contributed by atoms with E-state index in [1.807, 2.05) is 18.7 Å². The lowest BCUT2D eigenvalue weighted by molar-refractivity contribution is -0.133. The first-order chi connectivity index (χ1) is 5.65. The zero-order valence-electron chi connectivity index (χ0n) is 7.72. The highest BCUT2D eigenvalue weighted by Crippen LogP contribution is 2.19. The number of halogens is 1. The Kier molecular flexibility index (Phi) is 3.56. The SMILES string of the molecule is CC(C)C(=O)N1CCC(CBr)C1. The lowest BCUT2D eigenvalue weighted by Gasteiger charge is -2.18. The fourth-order valence-electron chi connectivity index (χ4n) is 1.52. The summed E-state index contributed by atoms with van der Waals surface area (Å²) in [5, 5.41) is 1.02. The molecule has 0 bridgehead atoms. The molecule has 1 aliphatic heterocycles. The molecule has 1 fully saturated rings. The average molecular weight is 234 g/mol. The van der Waals surface area contributed by atoms with E-state index in [0.717, 1.165) is 24.8 Å². The smallest absolute Gasteiger partial charge is 0.225 e. The molecule has 0 aliphatic carbocycles. The van der Waals surface area contributed by atoms with Crippen molar-refractivity contribution >= 4 is 21.8 Å². The van der Waals surface area contributed by atoms with E-state index >= 15 is 0 Å². The molecule has 1 unspecified atom stereocenters. The Morgan fingerprint density at radius 3 is 2.75 bits per heavy atom. The van der Waals surface area contributed by atoms with Gasteiger partial charge in [0, 0.05) is 24.3 Å². The van der Waals surface area contributed by atoms with Gasteiger partial charge in [-0.15, -0.1) is 0 Å². The maximum absolute atomic E-state index is 11.5. The zero-order valence-corrected chi connectivity index (χ0v) is 9.30. The number of hydrogen-bond donors (Lipinski definition) is 0. The Hall–Kier alpha value is -0.0500. The van der Waals surface area contributed by atoms with E-state index in [0.29, 0.717) is 11.8 Å². The van der Waals surface area contributed by atoms with Gasteiger partial charge >= 0.3 is 0 Å². The largest absolute Gasteiger partial charge is 0.342 e. The molecule has 1 rings (SSSR count). The number of hydrogen-bond acceptors (Lipinski definition) is 1. The van der Waals surface area contributed by atoms with E-state index in [2.05, 4.69) is 15.9 Å². The molecule has 0 N–H and O–H groups in total. The van der Waals surface area contributed by atoms with Gasteiger partial charge in [-0.05, 0) is 12.3 Å². The molecule has 0 radical (unpaired) electrons. The zero-order chi connectivity index (χ0) is 9.14. The Bertz CT molecular complexity index is 170. The summed E-state index contributed by atoms with van der Waals surface area (Å²) in [4.78, 5) is 13.5. The monoisotopic (exact) mass is 233 g/mol. The molecule has 0 spiro atoms. The van der Waals surface area contributed by atoms with Gasteiger partial charge in [-0.3, -0.25) is 4.79 Å². The van der Waals surface area contributed by atoms with Crippen LogP contribution < -0.4 is 0 Å². The van der Waals surface area contributed by atoms with Crippen LogP contribution in [0.4, 0.5) is 0 Å². The highest BCUT2D eigenvalue weighted by molar-refractivity contribution is 9.09. The molecule has 0 aromatic heterocycles. The number of carbonyl (C=O) groups excluding carboxylic acids is 1. The van der Waals surface area contributed by atoms with Gasteiger partial charge in [0.1, 0.15) is 0 Å². The molecule has 2 nitrogen and oxygen atoms in total. The topological polar surface area (TPSA) is 20.3 Å². The second-order valence-corrected chi connectivity index (χ2v) is 4.40. The molecule has 0 saturated carbocycles. The first kappa shape index (κ1) is 10.0. The average Bonchev–Trinajstić information content (AvgIpc) is 2.50. The maximum atomic E-state index is 11.5. The second kappa shape index (κ2) is 4.26. The third-order valence-electron chi connectivity index (χ3n) is 2.31. The van der Waals surface area contributed by atoms with Crippen LogP contribution in [0.1, 0.15) is 20.3 Å². The Labute approximate surface area is 82.4 Å². The summed E-state index contributed by atoms with van der Waals surface area (Å²) in [5.41, 5.74) is 0. The van der Waals surface area contributed by atoms with E-state index in [4.69, 9.17) is 0 Å². The van der Waals surface area contributed by atoms with Crippen molar-refractivity contribution in [3.8, 4) is 0 Å². The van der Waals surface area contributed by atoms with Crippen molar-refractivity contribution in [2.45, 2.75) is 20.3 Å². The molecule has 70 valence electrons. The number of alkyl halides is 1. The van der Waals surface area contributed by atoms with Gasteiger partial charge in [-0.2, -0.15) is 0 Å². The molecule has 1 atom stereocenters. The first-order valence-corrected chi connectivity index (χ1v) is 5.62. The van der Waals surface area contributed by atoms with Crippen molar-refractivity contribution in [3.05, 3.63) is 0 Å². The second-order valence-electron chi connectivity index (χ2n) is 3.75. The Balaban J connectivity index is 2.41. The minimum Gasteiger partial charge on any atom is -0.342 e. The number of nitrogens with zero attached hydrogens (tertiary/aromatic N) is 1. The molecule has 0 aromatic carbocycles. The minimum atomic E-state index is 0.152. The molecule has 1 amide bonds. The lowest BCUT2D eigenvalue weighted by atomic mass is 10.2. The van der Waals surface area contributed by atoms with Crippen LogP contribution in [0, 0.1) is 11.8 Å². The van der Waals surface area contributed by atoms with Gasteiger partial charge < -0.3 is 4.90 Å². The van der Waals surface area contributed by atoms with Gasteiger partial charge in [0.25, 0.3) is 0 Å². The molecular weight excluding hydrogens is 218 g/mol. The third kappa shape index (κ3) is 2.22. The molecule has 1 heterocycles. The molecule has 3 heteroatoms. The molecular formula is C9H16BrNO. The fraction of sp³-hybridized carbons (Fsp3) is 0.889. The first-order valence-electron chi connectivity index (χ1n) is 4.50. The van der Waals surface area contributed by atoms with Crippen molar-refractivity contribution in [2.75, 3.05) is 18.4 Å². The van der Waals surface area contributed by atoms with Crippen molar-refractivity contribution < 1.29 is 4.79 Å². The van der Waals surface area contributed by atoms with Crippen LogP contribution in [0.5, 0.6) is 0 Å². The highest BCUT2D eigenvalue weighted by atomic mass is 79.9. The lowest BCUT2D eigenvalue weighted by Crippen LogP contribution is -2.32. The van der Waals surface area contributed by atoms with Gasteiger partial charge in [-0.1, -0.05) is 29.8 Å². The predicted molar refractivity (Wildman–Crippen MR) is 53.3 cm³/mol. The van der Waals surface area contributed by atoms with Gasteiger partial charge in [0.15, 0.2) is 0 Å². The van der Waals surface area contributed by atoms with Gasteiger partial charge in [0.2, 0.25) is 5.91 Å². The van der Waals surface area contributed by atoms with E-state index in [1.54, 1.807) is 0 Å². The van der Waals surface area contributed by atoms with Gasteiger partial charge in [-0.25, -0.2) is 0 Å². The quantitative estimate of drug-likeness (QED) is 0.668. The highest BCUT2D eigenvalue weighted by Gasteiger charge is 2.26. The summed E-state index contributed by atoms with van der Waals surface area (Å²) in [5.74, 6) is 1.13. The van der Waals surface area contributed by atoms with Crippen LogP contribution in [-0.2, 0) is 4.79 Å². The molecule has 12 heavy (non-hydrogen) atoms. The van der Waals surface area contributed by atoms with Crippen molar-refractivity contribution in [1.29, 1.82) is 0 Å². The van der Waals surface area contributed by atoms with Crippen molar-refractivity contribution in [2.24, 2.45) is 11.8 Å². The standard InChI is InChI=1S/C9H16BrNO/c1-7(2)9(12)11-4-3-8(5-10)6-11/h7-8H,3-6H2,1-2H3. The predicted octanol–water partition coefficient (Wildman–Crippen LogP) is 1.89. The summed E-state index contributed by atoms with van der Waals surface area (Å²) < 4.78 is 0. The minimum absolute atomic E-state index is 0.152. The van der Waals surface area contributed by atoms with Crippen LogP contribution in [-0.4, -0.2) is 29.2 Å². The van der Waals surface area contributed by atoms with Crippen LogP contribution in [0.2, 0.25) is 0 Å². The number of rotatable bonds is 2. The molecule has 1 aliphatic rings. The summed E-state index contributed by atoms with van der Waals surface area (Å²) in [7, 11) is 0. The number of amides is 1. The van der Waals surface area contributed by atoms with Gasteiger partial charge in [0.05, 0.1) is 0 Å². The molecule has 0 aromatic rings. The van der Waals surface area contributed by atoms with E-state index in [1.165, 1.54) is 0 Å². The summed E-state index contributed by atoms with van der Waals surface area (Å²) in [6, 6.07) is 0. The molecule has 1 saturated heterocycles. The van der Waals surface area contributed by atoms with E-state index < -0.39 is 0 Å². The van der Waals surface area contributed by atoms with Crippen LogP contribution in [0.15, 0.2) is 0 Å². The fourth-order valence-corrected chi connectivity index (χ4v) is 2.05. The van der Waals surface area contributed by atoms with Crippen LogP contribution in [0.3, 0.4) is 0 Å². The summed E-state index contributed by atoms with van der Waals surface area (Å²) in [6.45, 7) is 5.82. The van der Waals surface area contributed by atoms with Crippen molar-refractivity contribution in [1.82, 2.24) is 4.90 Å². The Morgan fingerprint density at radius 2 is 2.33 bits per heavy atom. The normalized spacial score (nSPS) is 23.7.